The van der Waals surface area contributed by atoms with Crippen LogP contribution in [0.25, 0.3) is 80.4 Å². The fourth-order valence-electron chi connectivity index (χ4n) is 7.94. The SMILES string of the molecule is c1ccc(-n2c3ccccc3c3cccc(N(c4ccc5cc6sc7ccccc7c6cc5c4)c4cccc5c4oc4ccccc45)c32)cc1. The lowest BCUT2D eigenvalue weighted by Gasteiger charge is -2.27. The van der Waals surface area contributed by atoms with Gasteiger partial charge in [0.2, 0.25) is 0 Å². The van der Waals surface area contributed by atoms with Crippen LogP contribution in [0.1, 0.15) is 0 Å². The van der Waals surface area contributed by atoms with Crippen molar-refractivity contribution < 1.29 is 4.42 Å². The molecule has 3 heterocycles. The van der Waals surface area contributed by atoms with E-state index < -0.39 is 0 Å². The van der Waals surface area contributed by atoms with E-state index in [0.29, 0.717) is 0 Å². The molecule has 234 valence electrons. The second-order valence-electron chi connectivity index (χ2n) is 12.9. The highest BCUT2D eigenvalue weighted by Gasteiger charge is 2.24. The molecule has 8 aromatic carbocycles. The molecule has 11 rings (SSSR count). The molecule has 0 amide bonds. The van der Waals surface area contributed by atoms with Crippen molar-refractivity contribution in [1.29, 1.82) is 0 Å². The molecule has 0 saturated carbocycles. The lowest BCUT2D eigenvalue weighted by Crippen LogP contribution is -2.12. The third-order valence-corrected chi connectivity index (χ3v) is 11.3. The van der Waals surface area contributed by atoms with Crippen LogP contribution in [0.3, 0.4) is 0 Å². The van der Waals surface area contributed by atoms with E-state index in [1.165, 1.54) is 47.2 Å². The molecule has 3 nitrogen and oxygen atoms in total. The third kappa shape index (κ3) is 3.97. The minimum atomic E-state index is 0.868. The Hall–Kier alpha value is -6.36. The van der Waals surface area contributed by atoms with Crippen molar-refractivity contribution in [3.05, 3.63) is 170 Å². The Balaban J connectivity index is 1.26. The van der Waals surface area contributed by atoms with Gasteiger partial charge in [-0.15, -0.1) is 11.3 Å². The van der Waals surface area contributed by atoms with Gasteiger partial charge in [-0.3, -0.25) is 0 Å². The van der Waals surface area contributed by atoms with E-state index >= 15 is 0 Å². The van der Waals surface area contributed by atoms with Crippen LogP contribution in [-0.4, -0.2) is 4.57 Å². The van der Waals surface area contributed by atoms with Gasteiger partial charge in [0.15, 0.2) is 5.58 Å². The number of rotatable bonds is 4. The largest absolute Gasteiger partial charge is 0.454 e. The lowest BCUT2D eigenvalue weighted by atomic mass is 10.0. The van der Waals surface area contributed by atoms with Crippen molar-refractivity contribution in [2.75, 3.05) is 4.90 Å². The third-order valence-electron chi connectivity index (χ3n) is 10.1. The van der Waals surface area contributed by atoms with Gasteiger partial charge < -0.3 is 13.9 Å². The van der Waals surface area contributed by atoms with Gasteiger partial charge in [-0.05, 0) is 77.5 Å². The van der Waals surface area contributed by atoms with Crippen LogP contribution in [0.15, 0.2) is 174 Å². The van der Waals surface area contributed by atoms with Crippen molar-refractivity contribution in [3.8, 4) is 5.69 Å². The van der Waals surface area contributed by atoms with E-state index in [0.717, 1.165) is 50.2 Å². The molecule has 0 atom stereocenters. The Morgan fingerprint density at radius 2 is 1.18 bits per heavy atom. The monoisotopic (exact) mass is 656 g/mol. The summed E-state index contributed by atoms with van der Waals surface area (Å²) in [6, 6.07) is 61.3. The zero-order chi connectivity index (χ0) is 32.8. The number of hydrogen-bond acceptors (Lipinski definition) is 3. The number of benzene rings is 8. The summed E-state index contributed by atoms with van der Waals surface area (Å²) >= 11 is 1.86. The quantitative estimate of drug-likeness (QED) is 0.188. The predicted octanol–water partition coefficient (Wildman–Crippen LogP) is 13.7. The standard InChI is InChI=1S/C46H28N2OS/c1-2-12-31(13-3-1)48-39-19-7-4-14-33(39)36-17-10-20-40(45(36)48)47(41-21-11-18-37-34-15-5-8-22-42(34)49-46(37)41)32-25-24-29-28-44-38(27-30(29)26-32)35-16-6-9-23-43(35)50-44/h1-28H. The fourth-order valence-corrected chi connectivity index (χ4v) is 9.07. The Labute approximate surface area is 291 Å². The molecule has 0 spiro atoms. The summed E-state index contributed by atoms with van der Waals surface area (Å²) in [5.74, 6) is 0. The molecule has 0 aliphatic carbocycles. The second kappa shape index (κ2) is 10.6. The average molecular weight is 657 g/mol. The first-order valence-corrected chi connectivity index (χ1v) is 17.7. The zero-order valence-electron chi connectivity index (χ0n) is 26.9. The number of fused-ring (bicyclic) bond motifs is 10. The normalized spacial score (nSPS) is 12.0. The maximum Gasteiger partial charge on any atom is 0.159 e. The summed E-state index contributed by atoms with van der Waals surface area (Å²) in [7, 11) is 0. The number of aromatic nitrogens is 1. The first kappa shape index (κ1) is 27.6. The molecule has 11 aromatic rings. The summed E-state index contributed by atoms with van der Waals surface area (Å²) in [6.45, 7) is 0. The van der Waals surface area contributed by atoms with E-state index in [-0.39, 0.29) is 0 Å². The number of hydrogen-bond donors (Lipinski definition) is 0. The highest BCUT2D eigenvalue weighted by Crippen LogP contribution is 2.47. The number of para-hydroxylation sites is 5. The van der Waals surface area contributed by atoms with Gasteiger partial charge in [0.1, 0.15) is 5.58 Å². The Kier molecular flexibility index (Phi) is 5.83. The molecule has 0 unspecified atom stereocenters. The van der Waals surface area contributed by atoms with E-state index in [1.807, 2.05) is 17.4 Å². The van der Waals surface area contributed by atoms with Gasteiger partial charge in [0, 0.05) is 53.1 Å². The van der Waals surface area contributed by atoms with Crippen molar-refractivity contribution in [2.24, 2.45) is 0 Å². The average Bonchev–Trinajstić information content (AvgIpc) is 3.84. The van der Waals surface area contributed by atoms with Gasteiger partial charge >= 0.3 is 0 Å². The fraction of sp³-hybridized carbons (Fsp3) is 0. The first-order valence-electron chi connectivity index (χ1n) is 16.9. The minimum absolute atomic E-state index is 0.868. The molecule has 0 fully saturated rings. The van der Waals surface area contributed by atoms with Crippen LogP contribution in [0.2, 0.25) is 0 Å². The highest BCUT2D eigenvalue weighted by atomic mass is 32.1. The minimum Gasteiger partial charge on any atom is -0.454 e. The summed E-state index contributed by atoms with van der Waals surface area (Å²) in [5, 5.41) is 9.68. The van der Waals surface area contributed by atoms with E-state index in [9.17, 15) is 0 Å². The summed E-state index contributed by atoms with van der Waals surface area (Å²) in [4.78, 5) is 2.40. The number of nitrogens with zero attached hydrogens (tertiary/aromatic N) is 2. The van der Waals surface area contributed by atoms with Crippen molar-refractivity contribution in [2.45, 2.75) is 0 Å². The molecule has 4 heteroatoms. The molecule has 0 N–H and O–H groups in total. The Morgan fingerprint density at radius 1 is 0.460 bits per heavy atom. The van der Waals surface area contributed by atoms with Crippen LogP contribution < -0.4 is 4.90 Å². The maximum absolute atomic E-state index is 6.73. The first-order chi connectivity index (χ1) is 24.8. The lowest BCUT2D eigenvalue weighted by molar-refractivity contribution is 0.669. The molecule has 0 aliphatic rings. The molecule has 50 heavy (non-hydrogen) atoms. The highest BCUT2D eigenvalue weighted by molar-refractivity contribution is 7.25. The van der Waals surface area contributed by atoms with Crippen molar-refractivity contribution in [3.63, 3.8) is 0 Å². The summed E-state index contributed by atoms with van der Waals surface area (Å²) in [6.07, 6.45) is 0. The Morgan fingerprint density at radius 3 is 2.08 bits per heavy atom. The molecule has 0 radical (unpaired) electrons. The summed E-state index contributed by atoms with van der Waals surface area (Å²) < 4.78 is 11.8. The second-order valence-corrected chi connectivity index (χ2v) is 14.0. The molecule has 0 bridgehead atoms. The molecular weight excluding hydrogens is 629 g/mol. The van der Waals surface area contributed by atoms with E-state index in [2.05, 4.69) is 173 Å². The van der Waals surface area contributed by atoms with Gasteiger partial charge in [-0.2, -0.15) is 0 Å². The Bertz CT molecular complexity index is 3110. The molecule has 0 saturated heterocycles. The van der Waals surface area contributed by atoms with Gasteiger partial charge in [0.25, 0.3) is 0 Å². The number of furan rings is 1. The van der Waals surface area contributed by atoms with Crippen LogP contribution in [0, 0.1) is 0 Å². The van der Waals surface area contributed by atoms with Gasteiger partial charge in [-0.25, -0.2) is 0 Å². The molecule has 3 aromatic heterocycles. The van der Waals surface area contributed by atoms with Crippen LogP contribution >= 0.6 is 11.3 Å². The van der Waals surface area contributed by atoms with Crippen molar-refractivity contribution in [1.82, 2.24) is 4.57 Å². The summed E-state index contributed by atoms with van der Waals surface area (Å²) in [5.41, 5.74) is 8.35. The van der Waals surface area contributed by atoms with Crippen LogP contribution in [-0.2, 0) is 0 Å². The topological polar surface area (TPSA) is 21.3 Å². The predicted molar refractivity (Wildman–Crippen MR) is 213 cm³/mol. The van der Waals surface area contributed by atoms with Gasteiger partial charge in [-0.1, -0.05) is 103 Å². The molecular formula is C46H28N2OS. The van der Waals surface area contributed by atoms with Gasteiger partial charge in [0.05, 0.1) is 22.4 Å². The van der Waals surface area contributed by atoms with Crippen LogP contribution in [0.5, 0.6) is 0 Å². The number of thiophene rings is 1. The van der Waals surface area contributed by atoms with E-state index in [4.69, 9.17) is 4.42 Å². The molecule has 0 aliphatic heterocycles. The zero-order valence-corrected chi connectivity index (χ0v) is 27.7. The smallest absolute Gasteiger partial charge is 0.159 e. The van der Waals surface area contributed by atoms with Crippen molar-refractivity contribution >= 4 is 103 Å². The van der Waals surface area contributed by atoms with Crippen LogP contribution in [0.4, 0.5) is 17.1 Å². The number of anilines is 3. The van der Waals surface area contributed by atoms with E-state index in [1.54, 1.807) is 0 Å². The maximum atomic E-state index is 6.73.